The fourth-order valence-electron chi connectivity index (χ4n) is 1.87. The van der Waals surface area contributed by atoms with Crippen molar-refractivity contribution in [3.05, 3.63) is 29.3 Å². The molecule has 3 N–H and O–H groups in total. The third-order valence-corrected chi connectivity index (χ3v) is 4.14. The van der Waals surface area contributed by atoms with Gasteiger partial charge in [0.15, 0.2) is 0 Å². The zero-order valence-electron chi connectivity index (χ0n) is 11.4. The number of carbonyl (C=O) groups is 1. The van der Waals surface area contributed by atoms with E-state index < -0.39 is 11.5 Å². The second-order valence-corrected chi connectivity index (χ2v) is 6.60. The van der Waals surface area contributed by atoms with E-state index in [1.165, 1.54) is 16.0 Å². The average molecular weight is 267 g/mol. The Morgan fingerprint density at radius 1 is 1.50 bits per heavy atom. The molecule has 1 aromatic carbocycles. The first-order valence-corrected chi connectivity index (χ1v) is 6.86. The predicted octanol–water partition coefficient (Wildman–Crippen LogP) is 2.98. The van der Waals surface area contributed by atoms with Gasteiger partial charge < -0.3 is 10.8 Å². The fourth-order valence-corrected chi connectivity index (χ4v) is 3.13. The lowest BCUT2D eigenvalue weighted by molar-refractivity contribution is -0.142. The highest BCUT2D eigenvalue weighted by Gasteiger charge is 2.30. The standard InChI is InChI=1S/C14H21NO2S/c1-9-5-6-12(10(2)7-9)18-11(3)8-14(4,15)13(16)17/h5-7,11H,8,15H2,1-4H3,(H,16,17). The summed E-state index contributed by atoms with van der Waals surface area (Å²) in [7, 11) is 0. The number of carboxylic acid groups (broad SMARTS) is 1. The summed E-state index contributed by atoms with van der Waals surface area (Å²) >= 11 is 1.68. The normalized spacial score (nSPS) is 16.1. The lowest BCUT2D eigenvalue weighted by Crippen LogP contribution is -2.46. The number of thioether (sulfide) groups is 1. The van der Waals surface area contributed by atoms with Crippen molar-refractivity contribution in [3.8, 4) is 0 Å². The Balaban J connectivity index is 2.70. The molecule has 0 amide bonds. The Kier molecular flexibility index (Phi) is 4.82. The molecule has 0 saturated carbocycles. The summed E-state index contributed by atoms with van der Waals surface area (Å²) in [6.45, 7) is 7.71. The third kappa shape index (κ3) is 4.03. The van der Waals surface area contributed by atoms with Gasteiger partial charge >= 0.3 is 5.97 Å². The molecule has 100 valence electrons. The van der Waals surface area contributed by atoms with Crippen molar-refractivity contribution < 1.29 is 9.90 Å². The van der Waals surface area contributed by atoms with Gasteiger partial charge in [0, 0.05) is 10.1 Å². The highest BCUT2D eigenvalue weighted by molar-refractivity contribution is 8.00. The molecule has 0 saturated heterocycles. The molecule has 3 nitrogen and oxygen atoms in total. The number of carboxylic acids is 1. The smallest absolute Gasteiger partial charge is 0.323 e. The van der Waals surface area contributed by atoms with Crippen LogP contribution in [-0.4, -0.2) is 21.9 Å². The third-order valence-electron chi connectivity index (χ3n) is 2.86. The number of benzene rings is 1. The maximum atomic E-state index is 11.0. The molecule has 1 aromatic rings. The maximum Gasteiger partial charge on any atom is 0.323 e. The minimum Gasteiger partial charge on any atom is -0.480 e. The summed E-state index contributed by atoms with van der Waals surface area (Å²) in [5, 5.41) is 9.18. The molecule has 0 aliphatic rings. The molecule has 0 aliphatic carbocycles. The van der Waals surface area contributed by atoms with E-state index in [0.717, 1.165) is 0 Å². The summed E-state index contributed by atoms with van der Waals surface area (Å²) in [6.07, 6.45) is 0.445. The van der Waals surface area contributed by atoms with Crippen molar-refractivity contribution in [2.24, 2.45) is 5.73 Å². The molecule has 2 atom stereocenters. The predicted molar refractivity (Wildman–Crippen MR) is 76.1 cm³/mol. The first-order chi connectivity index (χ1) is 8.22. The van der Waals surface area contributed by atoms with E-state index in [0.29, 0.717) is 6.42 Å². The number of aliphatic carboxylic acids is 1. The number of aryl methyl sites for hydroxylation is 2. The number of hydrogen-bond acceptors (Lipinski definition) is 3. The highest BCUT2D eigenvalue weighted by atomic mass is 32.2. The van der Waals surface area contributed by atoms with Crippen LogP contribution < -0.4 is 5.73 Å². The molecule has 18 heavy (non-hydrogen) atoms. The second-order valence-electron chi connectivity index (χ2n) is 5.12. The molecule has 0 aliphatic heterocycles. The van der Waals surface area contributed by atoms with Crippen LogP contribution in [-0.2, 0) is 4.79 Å². The van der Waals surface area contributed by atoms with Gasteiger partial charge in [0.05, 0.1) is 0 Å². The van der Waals surface area contributed by atoms with Gasteiger partial charge in [-0.1, -0.05) is 24.6 Å². The van der Waals surface area contributed by atoms with Gasteiger partial charge in [0.25, 0.3) is 0 Å². The van der Waals surface area contributed by atoms with Crippen molar-refractivity contribution in [1.82, 2.24) is 0 Å². The molecule has 0 spiro atoms. The molecular weight excluding hydrogens is 246 g/mol. The summed E-state index contributed by atoms with van der Waals surface area (Å²) in [5.74, 6) is -0.949. The van der Waals surface area contributed by atoms with Gasteiger partial charge in [-0.2, -0.15) is 0 Å². The highest BCUT2D eigenvalue weighted by Crippen LogP contribution is 2.30. The summed E-state index contributed by atoms with van der Waals surface area (Å²) in [4.78, 5) is 12.2. The minimum absolute atomic E-state index is 0.164. The first-order valence-electron chi connectivity index (χ1n) is 5.98. The Morgan fingerprint density at radius 2 is 2.11 bits per heavy atom. The van der Waals surface area contributed by atoms with Crippen molar-refractivity contribution in [2.75, 3.05) is 0 Å². The number of rotatable bonds is 5. The SMILES string of the molecule is Cc1ccc(SC(C)CC(C)(N)C(=O)O)c(C)c1. The van der Waals surface area contributed by atoms with Gasteiger partial charge in [0.1, 0.15) is 5.54 Å². The summed E-state index contributed by atoms with van der Waals surface area (Å²) in [5.41, 5.74) is 7.06. The van der Waals surface area contributed by atoms with Crippen LogP contribution in [0.25, 0.3) is 0 Å². The molecule has 4 heteroatoms. The lowest BCUT2D eigenvalue weighted by atomic mass is 9.98. The van der Waals surface area contributed by atoms with E-state index in [4.69, 9.17) is 10.8 Å². The zero-order chi connectivity index (χ0) is 13.9. The quantitative estimate of drug-likeness (QED) is 0.805. The Hall–Kier alpha value is -1.00. The van der Waals surface area contributed by atoms with Crippen molar-refractivity contribution in [3.63, 3.8) is 0 Å². The molecule has 0 aromatic heterocycles. The topological polar surface area (TPSA) is 63.3 Å². The van der Waals surface area contributed by atoms with E-state index in [1.54, 1.807) is 18.7 Å². The van der Waals surface area contributed by atoms with E-state index in [2.05, 4.69) is 32.0 Å². The first kappa shape index (κ1) is 15.1. The molecule has 0 radical (unpaired) electrons. The summed E-state index contributed by atoms with van der Waals surface area (Å²) in [6, 6.07) is 6.29. The van der Waals surface area contributed by atoms with Crippen LogP contribution >= 0.6 is 11.8 Å². The van der Waals surface area contributed by atoms with Crippen molar-refractivity contribution in [2.45, 2.75) is 49.8 Å². The van der Waals surface area contributed by atoms with Crippen LogP contribution in [0.15, 0.2) is 23.1 Å². The van der Waals surface area contributed by atoms with Gasteiger partial charge in [-0.05, 0) is 38.8 Å². The molecule has 1 rings (SSSR count). The average Bonchev–Trinajstić information content (AvgIpc) is 2.21. The van der Waals surface area contributed by atoms with E-state index in [-0.39, 0.29) is 5.25 Å². The van der Waals surface area contributed by atoms with Crippen LogP contribution in [0, 0.1) is 13.8 Å². The van der Waals surface area contributed by atoms with Crippen molar-refractivity contribution in [1.29, 1.82) is 0 Å². The van der Waals surface area contributed by atoms with Crippen molar-refractivity contribution >= 4 is 17.7 Å². The Morgan fingerprint density at radius 3 is 2.61 bits per heavy atom. The van der Waals surface area contributed by atoms with Gasteiger partial charge in [-0.15, -0.1) is 11.8 Å². The van der Waals surface area contributed by atoms with Crippen LogP contribution in [0.3, 0.4) is 0 Å². The van der Waals surface area contributed by atoms with Gasteiger partial charge in [-0.25, -0.2) is 0 Å². The zero-order valence-corrected chi connectivity index (χ0v) is 12.2. The Labute approximate surface area is 113 Å². The minimum atomic E-state index is -1.16. The van der Waals surface area contributed by atoms with Gasteiger partial charge in [0.2, 0.25) is 0 Å². The molecule has 0 heterocycles. The second kappa shape index (κ2) is 5.76. The maximum absolute atomic E-state index is 11.0. The van der Waals surface area contributed by atoms with Crippen LogP contribution in [0.2, 0.25) is 0 Å². The fraction of sp³-hybridized carbons (Fsp3) is 0.500. The lowest BCUT2D eigenvalue weighted by Gasteiger charge is -2.23. The molecule has 2 unspecified atom stereocenters. The number of hydrogen-bond donors (Lipinski definition) is 2. The van der Waals surface area contributed by atoms with Gasteiger partial charge in [-0.3, -0.25) is 4.79 Å². The van der Waals surface area contributed by atoms with E-state index in [1.807, 2.05) is 6.92 Å². The molecule has 0 bridgehead atoms. The van der Waals surface area contributed by atoms with Crippen LogP contribution in [0.4, 0.5) is 0 Å². The largest absolute Gasteiger partial charge is 0.480 e. The number of nitrogens with two attached hydrogens (primary N) is 1. The monoisotopic (exact) mass is 267 g/mol. The van der Waals surface area contributed by atoms with Crippen LogP contribution in [0.1, 0.15) is 31.4 Å². The van der Waals surface area contributed by atoms with E-state index >= 15 is 0 Å². The summed E-state index contributed by atoms with van der Waals surface area (Å²) < 4.78 is 0. The van der Waals surface area contributed by atoms with E-state index in [9.17, 15) is 4.79 Å². The molecule has 0 fully saturated rings. The van der Waals surface area contributed by atoms with Crippen LogP contribution in [0.5, 0.6) is 0 Å². The Bertz CT molecular complexity index is 443. The molecular formula is C14H21NO2S.